The van der Waals surface area contributed by atoms with Crippen molar-refractivity contribution < 1.29 is 13.2 Å². The third-order valence-electron chi connectivity index (χ3n) is 1.61. The summed E-state index contributed by atoms with van der Waals surface area (Å²) in [6.45, 7) is 0. The number of hydrogen-bond acceptors (Lipinski definition) is 0. The van der Waals surface area contributed by atoms with Gasteiger partial charge < -0.3 is 0 Å². The van der Waals surface area contributed by atoms with Crippen molar-refractivity contribution >= 4 is 50.1 Å². The molecule has 0 radical (unpaired) electrons. The highest BCUT2D eigenvalue weighted by atomic mass is 127. The molecule has 0 aromatic heterocycles. The van der Waals surface area contributed by atoms with Crippen LogP contribution in [0.5, 0.6) is 0 Å². The van der Waals surface area contributed by atoms with Crippen molar-refractivity contribution in [3.63, 3.8) is 0 Å². The number of halogens is 6. The first-order valence-corrected chi connectivity index (χ1v) is 5.88. The topological polar surface area (TPSA) is 0 Å². The standard InChI is InChI=1S/C8H4BrClF3I/c9-6-4(3-10)1-2-5(7(6)14)8(11,12)13/h1-2H,3H2. The fourth-order valence-electron chi connectivity index (χ4n) is 0.912. The van der Waals surface area contributed by atoms with Gasteiger partial charge in [0.15, 0.2) is 0 Å². The van der Waals surface area contributed by atoms with Crippen LogP contribution >= 0.6 is 50.1 Å². The van der Waals surface area contributed by atoms with Gasteiger partial charge in [0, 0.05) is 13.9 Å². The SMILES string of the molecule is FC(F)(F)c1ccc(CCl)c(Br)c1I. The number of rotatable bonds is 1. The van der Waals surface area contributed by atoms with Crippen LogP contribution in [0.15, 0.2) is 16.6 Å². The predicted molar refractivity (Wildman–Crippen MR) is 61.4 cm³/mol. The minimum Gasteiger partial charge on any atom is -0.166 e. The van der Waals surface area contributed by atoms with Gasteiger partial charge in [-0.05, 0) is 50.2 Å². The molecule has 0 unspecified atom stereocenters. The van der Waals surface area contributed by atoms with Crippen molar-refractivity contribution in [3.8, 4) is 0 Å². The highest BCUT2D eigenvalue weighted by molar-refractivity contribution is 14.1. The molecular weight excluding hydrogens is 395 g/mol. The zero-order chi connectivity index (χ0) is 10.9. The van der Waals surface area contributed by atoms with E-state index in [4.69, 9.17) is 11.6 Å². The molecule has 0 saturated carbocycles. The van der Waals surface area contributed by atoms with Gasteiger partial charge in [-0.25, -0.2) is 0 Å². The molecule has 0 spiro atoms. The molecule has 1 aromatic rings. The lowest BCUT2D eigenvalue weighted by Crippen LogP contribution is -2.08. The van der Waals surface area contributed by atoms with Crippen LogP contribution in [0.1, 0.15) is 11.1 Å². The average molecular weight is 399 g/mol. The summed E-state index contributed by atoms with van der Waals surface area (Å²) in [6.07, 6.45) is -4.32. The van der Waals surface area contributed by atoms with Crippen molar-refractivity contribution in [2.45, 2.75) is 12.1 Å². The van der Waals surface area contributed by atoms with Gasteiger partial charge >= 0.3 is 6.18 Å². The van der Waals surface area contributed by atoms with Gasteiger partial charge in [-0.1, -0.05) is 6.07 Å². The summed E-state index contributed by atoms with van der Waals surface area (Å²) in [5.74, 6) is 0.189. The van der Waals surface area contributed by atoms with E-state index >= 15 is 0 Å². The lowest BCUT2D eigenvalue weighted by atomic mass is 10.1. The zero-order valence-corrected chi connectivity index (χ0v) is 11.1. The molecule has 1 aromatic carbocycles. The highest BCUT2D eigenvalue weighted by Gasteiger charge is 2.33. The minimum absolute atomic E-state index is 0.147. The Hall–Kier alpha value is 0.510. The maximum atomic E-state index is 12.4. The fourth-order valence-corrected chi connectivity index (χ4v) is 2.61. The molecule has 0 heterocycles. The van der Waals surface area contributed by atoms with E-state index in [9.17, 15) is 13.2 Å². The van der Waals surface area contributed by atoms with E-state index in [-0.39, 0.29) is 9.45 Å². The van der Waals surface area contributed by atoms with Gasteiger partial charge in [-0.15, -0.1) is 11.6 Å². The molecule has 0 aliphatic carbocycles. The first-order valence-electron chi connectivity index (χ1n) is 3.48. The normalized spacial score (nSPS) is 11.9. The second-order valence-corrected chi connectivity index (χ2v) is 4.67. The fraction of sp³-hybridized carbons (Fsp3) is 0.250. The smallest absolute Gasteiger partial charge is 0.166 e. The van der Waals surface area contributed by atoms with Crippen LogP contribution in [0.3, 0.4) is 0 Å². The number of alkyl halides is 4. The molecule has 78 valence electrons. The van der Waals surface area contributed by atoms with Gasteiger partial charge in [0.2, 0.25) is 0 Å². The van der Waals surface area contributed by atoms with Crippen molar-refractivity contribution in [3.05, 3.63) is 31.3 Å². The van der Waals surface area contributed by atoms with Crippen molar-refractivity contribution in [1.29, 1.82) is 0 Å². The quantitative estimate of drug-likeness (QED) is 0.470. The van der Waals surface area contributed by atoms with Crippen LogP contribution < -0.4 is 0 Å². The lowest BCUT2D eigenvalue weighted by molar-refractivity contribution is -0.138. The first-order chi connectivity index (χ1) is 6.38. The summed E-state index contributed by atoms with van der Waals surface area (Å²) >= 11 is 10.3. The maximum Gasteiger partial charge on any atom is 0.417 e. The molecule has 0 saturated heterocycles. The third kappa shape index (κ3) is 2.55. The van der Waals surface area contributed by atoms with Crippen molar-refractivity contribution in [1.82, 2.24) is 0 Å². The molecular formula is C8H4BrClF3I. The first kappa shape index (κ1) is 12.6. The minimum atomic E-state index is -4.32. The molecule has 0 amide bonds. The summed E-state index contributed by atoms with van der Waals surface area (Å²) in [6, 6.07) is 2.42. The monoisotopic (exact) mass is 398 g/mol. The Morgan fingerprint density at radius 1 is 1.36 bits per heavy atom. The summed E-state index contributed by atoms with van der Waals surface area (Å²) in [7, 11) is 0. The Morgan fingerprint density at radius 3 is 2.36 bits per heavy atom. The molecule has 0 aliphatic heterocycles. The molecule has 0 fully saturated rings. The van der Waals surface area contributed by atoms with Crippen molar-refractivity contribution in [2.24, 2.45) is 0 Å². The molecule has 1 rings (SSSR count). The molecule has 14 heavy (non-hydrogen) atoms. The van der Waals surface area contributed by atoms with Crippen molar-refractivity contribution in [2.75, 3.05) is 0 Å². The largest absolute Gasteiger partial charge is 0.417 e. The van der Waals surface area contributed by atoms with Crippen LogP contribution in [0.4, 0.5) is 13.2 Å². The van der Waals surface area contributed by atoms with E-state index in [1.165, 1.54) is 6.07 Å². The second-order valence-electron chi connectivity index (χ2n) is 2.53. The molecule has 0 atom stereocenters. The average Bonchev–Trinajstić information content (AvgIpc) is 2.07. The van der Waals surface area contributed by atoms with Crippen LogP contribution in [0, 0.1) is 3.57 Å². The Balaban J connectivity index is 3.31. The van der Waals surface area contributed by atoms with Crippen LogP contribution in [-0.4, -0.2) is 0 Å². The summed E-state index contributed by atoms with van der Waals surface area (Å²) in [4.78, 5) is 0. The van der Waals surface area contributed by atoms with Gasteiger partial charge in [-0.3, -0.25) is 0 Å². The van der Waals surface area contributed by atoms with E-state index < -0.39 is 11.7 Å². The van der Waals surface area contributed by atoms with E-state index in [0.717, 1.165) is 6.07 Å². The number of benzene rings is 1. The molecule has 0 N–H and O–H groups in total. The summed E-state index contributed by atoms with van der Waals surface area (Å²) in [5.41, 5.74) is 0.0166. The molecule has 0 aliphatic rings. The van der Waals surface area contributed by atoms with E-state index in [0.29, 0.717) is 10.0 Å². The molecule has 6 heteroatoms. The Labute approximate surface area is 106 Å². The van der Waals surface area contributed by atoms with Crippen LogP contribution in [0.2, 0.25) is 0 Å². The van der Waals surface area contributed by atoms with Gasteiger partial charge in [0.1, 0.15) is 0 Å². The maximum absolute atomic E-state index is 12.4. The number of hydrogen-bond donors (Lipinski definition) is 0. The summed E-state index contributed by atoms with van der Waals surface area (Å²) < 4.78 is 37.8. The Bertz CT molecular complexity index is 351. The van der Waals surface area contributed by atoms with E-state index in [1.54, 1.807) is 22.6 Å². The predicted octanol–water partition coefficient (Wildman–Crippen LogP) is 4.81. The molecule has 0 bridgehead atoms. The van der Waals surface area contributed by atoms with Gasteiger partial charge in [-0.2, -0.15) is 13.2 Å². The van der Waals surface area contributed by atoms with E-state index in [1.807, 2.05) is 0 Å². The van der Waals surface area contributed by atoms with Gasteiger partial charge in [0.05, 0.1) is 5.56 Å². The van der Waals surface area contributed by atoms with Gasteiger partial charge in [0.25, 0.3) is 0 Å². The third-order valence-corrected chi connectivity index (χ3v) is 4.67. The Kier molecular flexibility index (Phi) is 4.11. The Morgan fingerprint density at radius 2 is 1.93 bits per heavy atom. The lowest BCUT2D eigenvalue weighted by Gasteiger charge is -2.12. The second kappa shape index (κ2) is 4.57. The van der Waals surface area contributed by atoms with Crippen LogP contribution in [-0.2, 0) is 12.1 Å². The molecule has 0 nitrogen and oxygen atoms in total. The van der Waals surface area contributed by atoms with Crippen LogP contribution in [0.25, 0.3) is 0 Å². The summed E-state index contributed by atoms with van der Waals surface area (Å²) in [5, 5.41) is 0. The van der Waals surface area contributed by atoms with E-state index in [2.05, 4.69) is 15.9 Å². The zero-order valence-electron chi connectivity index (χ0n) is 6.63. The highest BCUT2D eigenvalue weighted by Crippen LogP contribution is 2.37.